The molecule has 2 N–H and O–H groups in total. The van der Waals surface area contributed by atoms with E-state index in [2.05, 4.69) is 5.32 Å². The van der Waals surface area contributed by atoms with Crippen molar-refractivity contribution in [3.8, 4) is 0 Å². The molecule has 0 radical (unpaired) electrons. The molecule has 0 saturated heterocycles. The summed E-state index contributed by atoms with van der Waals surface area (Å²) >= 11 is 5.92. The van der Waals surface area contributed by atoms with Gasteiger partial charge in [-0.2, -0.15) is 0 Å². The van der Waals surface area contributed by atoms with Gasteiger partial charge in [0.1, 0.15) is 5.69 Å². The van der Waals surface area contributed by atoms with E-state index in [0.717, 1.165) is 24.3 Å². The standard InChI is InChI=1S/C18H15ClN4O9/c1-3-31-23(30)12-4-6-15(20-10(2)24)13(8-12)17(25)32-21(18(26)27)16-7-5-11(22(28)29)9-14(16)19/h4-9H,3H2,1-2H3,(H-,20,24,25,26,27,30)/p+1. The van der Waals surface area contributed by atoms with Gasteiger partial charge in [0.15, 0.2) is 6.61 Å². The first-order valence-electron chi connectivity index (χ1n) is 8.76. The summed E-state index contributed by atoms with van der Waals surface area (Å²) < 4.78 is 0. The minimum absolute atomic E-state index is 0.0299. The summed E-state index contributed by atoms with van der Waals surface area (Å²) in [5.74, 6) is -1.83. The van der Waals surface area contributed by atoms with Crippen LogP contribution in [0.4, 0.5) is 27.5 Å². The molecule has 2 amide bonds. The normalized spacial score (nSPS) is 10.1. The van der Waals surface area contributed by atoms with Crippen LogP contribution in [0.1, 0.15) is 24.2 Å². The summed E-state index contributed by atoms with van der Waals surface area (Å²) in [6.45, 7) is 2.76. The van der Waals surface area contributed by atoms with E-state index in [1.54, 1.807) is 6.92 Å². The minimum atomic E-state index is -1.77. The molecule has 32 heavy (non-hydrogen) atoms. The minimum Gasteiger partial charge on any atom is -0.463 e. The fourth-order valence-corrected chi connectivity index (χ4v) is 2.65. The number of benzene rings is 2. The summed E-state index contributed by atoms with van der Waals surface area (Å²) in [5.41, 5.74) is -1.38. The van der Waals surface area contributed by atoms with Crippen LogP contribution >= 0.6 is 11.6 Å². The molecule has 14 heteroatoms. The van der Waals surface area contributed by atoms with E-state index in [0.29, 0.717) is 0 Å². The maximum absolute atomic E-state index is 12.8. The van der Waals surface area contributed by atoms with Crippen molar-refractivity contribution in [1.82, 2.24) is 0 Å². The number of carboxylic acid groups (broad SMARTS) is 1. The Labute approximate surface area is 184 Å². The number of non-ortho nitro benzene ring substituents is 1. The van der Waals surface area contributed by atoms with Crippen LogP contribution in [0.15, 0.2) is 36.4 Å². The Morgan fingerprint density at radius 3 is 2.34 bits per heavy atom. The monoisotopic (exact) mass is 467 g/mol. The molecular weight excluding hydrogens is 452 g/mol. The number of anilines is 2. The summed E-state index contributed by atoms with van der Waals surface area (Å²) in [6, 6.07) is 6.32. The van der Waals surface area contributed by atoms with E-state index in [1.165, 1.54) is 19.1 Å². The number of hydrogen-bond acceptors (Lipinski definition) is 8. The Morgan fingerprint density at radius 2 is 1.81 bits per heavy atom. The Bertz CT molecular complexity index is 1110. The van der Waals surface area contributed by atoms with Gasteiger partial charge < -0.3 is 15.3 Å². The molecule has 2 aromatic carbocycles. The highest BCUT2D eigenvalue weighted by molar-refractivity contribution is 6.34. The average Bonchev–Trinajstić information content (AvgIpc) is 2.71. The third-order valence-electron chi connectivity index (χ3n) is 3.70. The molecule has 2 aromatic rings. The van der Waals surface area contributed by atoms with Crippen LogP contribution < -0.4 is 10.4 Å². The van der Waals surface area contributed by atoms with Gasteiger partial charge in [-0.15, -0.1) is 5.06 Å². The van der Waals surface area contributed by atoms with Crippen LogP contribution in [-0.2, 0) is 14.5 Å². The molecule has 13 nitrogen and oxygen atoms in total. The summed E-state index contributed by atoms with van der Waals surface area (Å²) in [4.78, 5) is 67.7. The number of amides is 2. The van der Waals surface area contributed by atoms with Crippen molar-refractivity contribution in [2.45, 2.75) is 13.8 Å². The van der Waals surface area contributed by atoms with Crippen LogP contribution in [0, 0.1) is 15.0 Å². The van der Waals surface area contributed by atoms with Crippen molar-refractivity contribution < 1.29 is 39.0 Å². The number of nitrogens with zero attached hydrogens (tertiary/aromatic N) is 3. The Morgan fingerprint density at radius 1 is 1.16 bits per heavy atom. The number of carbonyl (C=O) groups is 3. The third kappa shape index (κ3) is 5.66. The lowest BCUT2D eigenvalue weighted by Gasteiger charge is -2.19. The van der Waals surface area contributed by atoms with Crippen LogP contribution in [0.2, 0.25) is 5.02 Å². The molecule has 0 fully saturated rings. The maximum Gasteiger partial charge on any atom is 0.445 e. The molecule has 2 rings (SSSR count). The highest BCUT2D eigenvalue weighted by Crippen LogP contribution is 2.31. The topological polar surface area (TPSA) is 168 Å². The number of hydroxylamine groups is 1. The van der Waals surface area contributed by atoms with E-state index < -0.39 is 28.6 Å². The lowest BCUT2D eigenvalue weighted by molar-refractivity contribution is -0.744. The highest BCUT2D eigenvalue weighted by Gasteiger charge is 2.28. The van der Waals surface area contributed by atoms with Gasteiger partial charge in [0.2, 0.25) is 5.91 Å². The van der Waals surface area contributed by atoms with Crippen molar-refractivity contribution in [1.29, 1.82) is 0 Å². The molecular formula is C18H16ClN4O9+. The smallest absolute Gasteiger partial charge is 0.445 e. The number of nitro benzene ring substituents is 1. The number of carbonyl (C=O) groups excluding carboxylic acids is 2. The fraction of sp³-hybridized carbons (Fsp3) is 0.167. The van der Waals surface area contributed by atoms with Gasteiger partial charge in [-0.1, -0.05) is 11.6 Å². The molecule has 0 spiro atoms. The van der Waals surface area contributed by atoms with Crippen LogP contribution in [0.3, 0.4) is 0 Å². The highest BCUT2D eigenvalue weighted by atomic mass is 35.5. The molecule has 0 saturated carbocycles. The summed E-state index contributed by atoms with van der Waals surface area (Å²) in [5, 5.41) is 22.4. The Balaban J connectivity index is 2.46. The first kappa shape index (κ1) is 24.0. The molecule has 0 aliphatic heterocycles. The molecule has 0 atom stereocenters. The predicted molar refractivity (Wildman–Crippen MR) is 110 cm³/mol. The van der Waals surface area contributed by atoms with E-state index in [9.17, 15) is 34.5 Å². The third-order valence-corrected chi connectivity index (χ3v) is 4.00. The number of hydrogen-bond donors (Lipinski definition) is 2. The second-order valence-electron chi connectivity index (χ2n) is 5.93. The average molecular weight is 468 g/mol. The van der Waals surface area contributed by atoms with Gasteiger partial charge in [-0.25, -0.2) is 14.4 Å². The van der Waals surface area contributed by atoms with E-state index in [4.69, 9.17) is 21.3 Å². The molecule has 0 bridgehead atoms. The first-order chi connectivity index (χ1) is 15.0. The quantitative estimate of drug-likeness (QED) is 0.453. The Kier molecular flexibility index (Phi) is 7.63. The zero-order chi connectivity index (χ0) is 24.0. The first-order valence-corrected chi connectivity index (χ1v) is 9.14. The SMILES string of the molecule is CCO[N+](=O)c1ccc(NC(C)=O)c(C(=O)ON(C(=O)O)c2ccc([N+](=O)[O-])cc2Cl)c1. The van der Waals surface area contributed by atoms with Gasteiger partial charge in [0, 0.05) is 31.2 Å². The molecule has 0 aliphatic carbocycles. The largest absolute Gasteiger partial charge is 0.463 e. The molecule has 168 valence electrons. The van der Waals surface area contributed by atoms with Gasteiger partial charge in [-0.05, 0) is 19.1 Å². The number of rotatable bonds is 7. The predicted octanol–water partition coefficient (Wildman–Crippen LogP) is 3.82. The van der Waals surface area contributed by atoms with Crippen LogP contribution in [0.5, 0.6) is 0 Å². The van der Waals surface area contributed by atoms with Crippen molar-refractivity contribution in [3.63, 3.8) is 0 Å². The van der Waals surface area contributed by atoms with Gasteiger partial charge in [-0.3, -0.25) is 14.9 Å². The van der Waals surface area contributed by atoms with E-state index in [-0.39, 0.29) is 44.2 Å². The fourth-order valence-electron chi connectivity index (χ4n) is 2.40. The van der Waals surface area contributed by atoms with Gasteiger partial charge >= 0.3 is 17.7 Å². The van der Waals surface area contributed by atoms with Crippen molar-refractivity contribution in [2.24, 2.45) is 0 Å². The number of nitrogens with one attached hydrogen (secondary N) is 1. The number of halogens is 1. The van der Waals surface area contributed by atoms with Crippen molar-refractivity contribution in [2.75, 3.05) is 17.0 Å². The van der Waals surface area contributed by atoms with E-state index in [1.807, 2.05) is 0 Å². The Hall–Kier alpha value is -4.26. The lowest BCUT2D eigenvalue weighted by Crippen LogP contribution is -2.33. The zero-order valence-corrected chi connectivity index (χ0v) is 17.4. The van der Waals surface area contributed by atoms with Crippen LogP contribution in [-0.4, -0.2) is 39.5 Å². The zero-order valence-electron chi connectivity index (χ0n) is 16.6. The van der Waals surface area contributed by atoms with Crippen molar-refractivity contribution >= 4 is 52.3 Å². The molecule has 0 aromatic heterocycles. The summed E-state index contributed by atoms with van der Waals surface area (Å²) in [7, 11) is 0. The van der Waals surface area contributed by atoms with Crippen LogP contribution in [0.25, 0.3) is 0 Å². The maximum atomic E-state index is 12.8. The molecule has 0 aliphatic rings. The van der Waals surface area contributed by atoms with Gasteiger partial charge in [0.25, 0.3) is 10.6 Å². The lowest BCUT2D eigenvalue weighted by atomic mass is 10.1. The molecule has 0 heterocycles. The number of nitro groups is 1. The second-order valence-corrected chi connectivity index (χ2v) is 6.34. The van der Waals surface area contributed by atoms with E-state index >= 15 is 0 Å². The second kappa shape index (κ2) is 10.2. The van der Waals surface area contributed by atoms with Crippen molar-refractivity contribution in [3.05, 3.63) is 62.0 Å². The summed E-state index contributed by atoms with van der Waals surface area (Å²) in [6.07, 6.45) is -1.77. The van der Waals surface area contributed by atoms with Gasteiger partial charge in [0.05, 0.1) is 26.1 Å². The molecule has 0 unspecified atom stereocenters.